The summed E-state index contributed by atoms with van der Waals surface area (Å²) in [5, 5.41) is 12.0. The van der Waals surface area contributed by atoms with Gasteiger partial charge in [-0.2, -0.15) is 4.98 Å². The Balaban J connectivity index is 1.24. The summed E-state index contributed by atoms with van der Waals surface area (Å²) < 4.78 is 17.8. The van der Waals surface area contributed by atoms with E-state index in [9.17, 15) is 9.00 Å². The zero-order valence-corrected chi connectivity index (χ0v) is 27.4. The van der Waals surface area contributed by atoms with Gasteiger partial charge < -0.3 is 10.6 Å². The highest BCUT2D eigenvalue weighted by Crippen LogP contribution is 2.30. The number of hydrogen-bond donors (Lipinski definition) is 2. The lowest BCUT2D eigenvalue weighted by Crippen LogP contribution is -2.38. The number of azo groups is 2. The molecular formula is C34H40N9O2S+. The van der Waals surface area contributed by atoms with E-state index in [2.05, 4.69) is 57.1 Å². The number of anilines is 2. The molecular weight excluding hydrogens is 599 g/mol. The van der Waals surface area contributed by atoms with Crippen molar-refractivity contribution in [2.24, 2.45) is 11.0 Å². The van der Waals surface area contributed by atoms with Gasteiger partial charge in [-0.3, -0.25) is 14.3 Å². The van der Waals surface area contributed by atoms with Gasteiger partial charge in [-0.25, -0.2) is 13.5 Å². The highest BCUT2D eigenvalue weighted by Gasteiger charge is 2.27. The minimum absolute atomic E-state index is 0.0969. The molecule has 0 amide bonds. The predicted octanol–water partition coefficient (Wildman–Crippen LogP) is 4.44. The van der Waals surface area contributed by atoms with E-state index < -0.39 is 11.0 Å². The van der Waals surface area contributed by atoms with Crippen molar-refractivity contribution in [2.75, 3.05) is 51.3 Å². The second-order valence-electron chi connectivity index (χ2n) is 12.5. The first-order chi connectivity index (χ1) is 22.3. The molecule has 2 atom stereocenters. The van der Waals surface area contributed by atoms with Gasteiger partial charge in [0.15, 0.2) is 7.05 Å². The van der Waals surface area contributed by atoms with Crippen LogP contribution in [0.1, 0.15) is 42.0 Å². The highest BCUT2D eigenvalue weighted by molar-refractivity contribution is 7.81. The number of aryl methyl sites for hydroxylation is 1. The highest BCUT2D eigenvalue weighted by atomic mass is 32.2. The Morgan fingerprint density at radius 3 is 2.57 bits per heavy atom. The molecule has 2 unspecified atom stereocenters. The van der Waals surface area contributed by atoms with E-state index in [0.717, 1.165) is 47.4 Å². The van der Waals surface area contributed by atoms with Crippen LogP contribution < -0.4 is 16.2 Å². The number of rotatable bonds is 8. The third kappa shape index (κ3) is 6.16. The maximum atomic E-state index is 14.4. The summed E-state index contributed by atoms with van der Waals surface area (Å²) in [7, 11) is 0.881. The Bertz CT molecular complexity index is 1920. The summed E-state index contributed by atoms with van der Waals surface area (Å²) in [4.78, 5) is 28.8. The Morgan fingerprint density at radius 1 is 1.09 bits per heavy atom. The topological polar surface area (TPSA) is 120 Å². The number of fused-ring (bicyclic) bond motifs is 1. The maximum absolute atomic E-state index is 14.4. The van der Waals surface area contributed by atoms with Gasteiger partial charge in [-0.1, -0.05) is 16.8 Å². The summed E-state index contributed by atoms with van der Waals surface area (Å²) in [6.45, 7) is 6.10. The molecule has 7 rings (SSSR count). The maximum Gasteiger partial charge on any atom is 0.261 e. The second-order valence-corrected chi connectivity index (χ2v) is 13.9. The fourth-order valence-electron chi connectivity index (χ4n) is 6.88. The first kappa shape index (κ1) is 30.5. The van der Waals surface area contributed by atoms with E-state index in [1.807, 2.05) is 39.8 Å². The smallest absolute Gasteiger partial charge is 0.261 e. The second kappa shape index (κ2) is 12.9. The van der Waals surface area contributed by atoms with Crippen LogP contribution in [0, 0.1) is 12.8 Å². The van der Waals surface area contributed by atoms with Crippen molar-refractivity contribution in [1.82, 2.24) is 29.1 Å². The Kier molecular flexibility index (Phi) is 8.58. The van der Waals surface area contributed by atoms with E-state index in [4.69, 9.17) is 9.97 Å². The molecule has 0 aliphatic carbocycles. The van der Waals surface area contributed by atoms with E-state index >= 15 is 0 Å². The van der Waals surface area contributed by atoms with Crippen LogP contribution in [0.25, 0.3) is 28.0 Å². The molecule has 12 heteroatoms. The van der Waals surface area contributed by atoms with Gasteiger partial charge in [0, 0.05) is 54.9 Å². The van der Waals surface area contributed by atoms with E-state index in [1.165, 1.54) is 12.0 Å². The van der Waals surface area contributed by atoms with Gasteiger partial charge in [-0.05, 0) is 92.1 Å². The molecule has 0 bridgehead atoms. The van der Waals surface area contributed by atoms with Crippen LogP contribution in [-0.4, -0.2) is 78.8 Å². The van der Waals surface area contributed by atoms with Gasteiger partial charge in [0.2, 0.25) is 11.6 Å². The molecule has 46 heavy (non-hydrogen) atoms. The molecule has 1 aromatic carbocycles. The summed E-state index contributed by atoms with van der Waals surface area (Å²) >= 11 is 0. The zero-order chi connectivity index (χ0) is 31.8. The van der Waals surface area contributed by atoms with Crippen LogP contribution >= 0.6 is 0 Å². The fourth-order valence-corrected chi connectivity index (χ4v) is 7.61. The summed E-state index contributed by atoms with van der Waals surface area (Å²) in [6, 6.07) is 12.3. The van der Waals surface area contributed by atoms with Crippen LogP contribution in [-0.2, 0) is 17.4 Å². The molecule has 3 aromatic heterocycles. The quantitative estimate of drug-likeness (QED) is 0.274. The average Bonchev–Trinajstić information content (AvgIpc) is 3.74. The first-order valence-electron chi connectivity index (χ1n) is 16.0. The van der Waals surface area contributed by atoms with Crippen LogP contribution in [0.2, 0.25) is 0 Å². The van der Waals surface area contributed by atoms with Crippen molar-refractivity contribution in [3.05, 3.63) is 81.9 Å². The number of benzene rings is 1. The SMILES string of the molecule is Cc1cc(C2=CCN=[N+]2C)cnc1-c1cc2cnc(Nc3ccc(CC4CCNC4)cc3)nc2n(C2CCN(S(C)=O)CC2)c1=O. The fraction of sp³-hybridized carbons (Fsp3) is 0.412. The molecule has 2 N–H and O–H groups in total. The third-order valence-electron chi connectivity index (χ3n) is 9.38. The molecule has 0 spiro atoms. The lowest BCUT2D eigenvalue weighted by Gasteiger charge is -2.31. The Labute approximate surface area is 271 Å². The van der Waals surface area contributed by atoms with Crippen LogP contribution in [0.15, 0.2) is 64.8 Å². The molecule has 0 radical (unpaired) electrons. The zero-order valence-electron chi connectivity index (χ0n) is 26.6. The van der Waals surface area contributed by atoms with E-state index in [-0.39, 0.29) is 11.6 Å². The molecule has 6 heterocycles. The van der Waals surface area contributed by atoms with Crippen molar-refractivity contribution in [3.63, 3.8) is 0 Å². The standard InChI is InChI=1S/C34H39N9O2S/c1-22-16-25(30-9-13-38-41(30)2)20-36-31(22)29-18-26-21-37-34(39-27-6-4-23(5-7-27)17-24-8-12-35-19-24)40-32(26)43(33(29)44)28-10-14-42(15-11-28)46(3)45/h4-7,9,16,18,20-21,24,28,35H,8,10-15,17,19H2,1-3H3/p+1. The lowest BCUT2D eigenvalue weighted by molar-refractivity contribution is -0.467. The molecule has 2 saturated heterocycles. The third-order valence-corrected chi connectivity index (χ3v) is 10.5. The van der Waals surface area contributed by atoms with Crippen molar-refractivity contribution < 1.29 is 8.91 Å². The number of nitrogens with zero attached hydrogens (tertiary/aromatic N) is 7. The number of hydrogen-bond acceptors (Lipinski definition) is 8. The molecule has 3 aliphatic heterocycles. The van der Waals surface area contributed by atoms with Crippen LogP contribution in [0.3, 0.4) is 0 Å². The number of aromatic nitrogens is 4. The van der Waals surface area contributed by atoms with Crippen molar-refractivity contribution in [3.8, 4) is 11.3 Å². The molecule has 11 nitrogen and oxygen atoms in total. The van der Waals surface area contributed by atoms with Crippen LogP contribution in [0.5, 0.6) is 0 Å². The van der Waals surface area contributed by atoms with E-state index in [0.29, 0.717) is 61.2 Å². The van der Waals surface area contributed by atoms with Crippen molar-refractivity contribution in [1.29, 1.82) is 0 Å². The summed E-state index contributed by atoms with van der Waals surface area (Å²) in [5.74, 6) is 1.12. The Morgan fingerprint density at radius 2 is 1.89 bits per heavy atom. The lowest BCUT2D eigenvalue weighted by atomic mass is 9.99. The number of pyridine rings is 2. The van der Waals surface area contributed by atoms with Crippen molar-refractivity contribution >= 4 is 39.4 Å². The molecule has 4 aromatic rings. The number of piperidine rings is 1. The minimum Gasteiger partial charge on any atom is -0.324 e. The van der Waals surface area contributed by atoms with Crippen molar-refractivity contribution in [2.45, 2.75) is 38.6 Å². The first-order valence-corrected chi connectivity index (χ1v) is 17.5. The predicted molar refractivity (Wildman–Crippen MR) is 182 cm³/mol. The summed E-state index contributed by atoms with van der Waals surface area (Å²) in [5.41, 5.74) is 6.71. The van der Waals surface area contributed by atoms with Crippen LogP contribution in [0.4, 0.5) is 11.6 Å². The molecule has 0 saturated carbocycles. The monoisotopic (exact) mass is 638 g/mol. The molecule has 238 valence electrons. The largest absolute Gasteiger partial charge is 0.324 e. The normalized spacial score (nSPS) is 19.8. The van der Waals surface area contributed by atoms with Gasteiger partial charge in [0.25, 0.3) is 5.56 Å². The van der Waals surface area contributed by atoms with Gasteiger partial charge >= 0.3 is 0 Å². The Hall–Kier alpha value is -4.13. The number of nitrogens with one attached hydrogen (secondary N) is 2. The van der Waals surface area contributed by atoms with E-state index in [1.54, 1.807) is 12.5 Å². The molecule has 3 aliphatic rings. The molecule has 2 fully saturated rings. The van der Waals surface area contributed by atoms with Gasteiger partial charge in [0.1, 0.15) is 12.2 Å². The average molecular weight is 639 g/mol. The van der Waals surface area contributed by atoms with Gasteiger partial charge in [-0.15, -0.1) is 0 Å². The minimum atomic E-state index is -1.05. The summed E-state index contributed by atoms with van der Waals surface area (Å²) in [6.07, 6.45) is 11.0. The van der Waals surface area contributed by atoms with Gasteiger partial charge in [0.05, 0.1) is 27.8 Å².